The molecular formula is C11H27N2O5P. The van der Waals surface area contributed by atoms with Gasteiger partial charge < -0.3 is 20.3 Å². The SMILES string of the molecule is CCCCCN(CCOCCN)CCOP(=O)(O)O. The van der Waals surface area contributed by atoms with Crippen LogP contribution in [-0.2, 0) is 13.8 Å². The van der Waals surface area contributed by atoms with Crippen LogP contribution in [0, 0.1) is 0 Å². The van der Waals surface area contributed by atoms with Gasteiger partial charge in [-0.1, -0.05) is 19.8 Å². The van der Waals surface area contributed by atoms with Crippen molar-refractivity contribution in [2.75, 3.05) is 46.0 Å². The van der Waals surface area contributed by atoms with Gasteiger partial charge in [0.1, 0.15) is 0 Å². The summed E-state index contributed by atoms with van der Waals surface area (Å²) in [6, 6.07) is 0. The Labute approximate surface area is 115 Å². The van der Waals surface area contributed by atoms with E-state index in [9.17, 15) is 4.57 Å². The van der Waals surface area contributed by atoms with Crippen LogP contribution in [0.25, 0.3) is 0 Å². The predicted molar refractivity (Wildman–Crippen MR) is 73.8 cm³/mol. The topological polar surface area (TPSA) is 105 Å². The zero-order valence-electron chi connectivity index (χ0n) is 11.7. The summed E-state index contributed by atoms with van der Waals surface area (Å²) in [5.74, 6) is 0. The molecule has 0 aliphatic heterocycles. The molecule has 0 atom stereocenters. The number of nitrogens with two attached hydrogens (primary N) is 1. The molecule has 0 saturated heterocycles. The summed E-state index contributed by atoms with van der Waals surface area (Å²) in [5, 5.41) is 0. The average Bonchev–Trinajstić information content (AvgIpc) is 2.32. The van der Waals surface area contributed by atoms with E-state index in [2.05, 4.69) is 16.3 Å². The number of hydrogen-bond acceptors (Lipinski definition) is 5. The Bertz CT molecular complexity index is 249. The third kappa shape index (κ3) is 14.2. The zero-order valence-corrected chi connectivity index (χ0v) is 12.6. The summed E-state index contributed by atoms with van der Waals surface area (Å²) >= 11 is 0. The monoisotopic (exact) mass is 298 g/mol. The molecule has 0 aliphatic carbocycles. The average molecular weight is 298 g/mol. The second kappa shape index (κ2) is 11.8. The lowest BCUT2D eigenvalue weighted by Crippen LogP contribution is -2.32. The molecule has 0 aromatic carbocycles. The summed E-state index contributed by atoms with van der Waals surface area (Å²) < 4.78 is 20.4. The first-order valence-electron chi connectivity index (χ1n) is 6.70. The highest BCUT2D eigenvalue weighted by atomic mass is 31.2. The second-order valence-electron chi connectivity index (χ2n) is 4.27. The third-order valence-corrected chi connectivity index (χ3v) is 3.08. The number of unbranched alkanes of at least 4 members (excludes halogenated alkanes) is 2. The Morgan fingerprint density at radius 1 is 1.11 bits per heavy atom. The van der Waals surface area contributed by atoms with E-state index in [4.69, 9.17) is 20.3 Å². The second-order valence-corrected chi connectivity index (χ2v) is 5.51. The van der Waals surface area contributed by atoms with E-state index in [0.717, 1.165) is 25.8 Å². The summed E-state index contributed by atoms with van der Waals surface area (Å²) in [7, 11) is -4.36. The van der Waals surface area contributed by atoms with Gasteiger partial charge in [-0.25, -0.2) is 4.57 Å². The molecule has 0 radical (unpaired) electrons. The van der Waals surface area contributed by atoms with Crippen LogP contribution in [0.1, 0.15) is 26.2 Å². The smallest absolute Gasteiger partial charge is 0.379 e. The molecule has 7 nitrogen and oxygen atoms in total. The molecule has 0 amide bonds. The van der Waals surface area contributed by atoms with Crippen molar-refractivity contribution in [3.8, 4) is 0 Å². The fourth-order valence-corrected chi connectivity index (χ4v) is 1.91. The van der Waals surface area contributed by atoms with E-state index in [1.54, 1.807) is 0 Å². The highest BCUT2D eigenvalue weighted by Crippen LogP contribution is 2.35. The van der Waals surface area contributed by atoms with Crippen LogP contribution in [0.15, 0.2) is 0 Å². The van der Waals surface area contributed by atoms with E-state index in [0.29, 0.717) is 32.8 Å². The van der Waals surface area contributed by atoms with E-state index < -0.39 is 7.82 Å². The van der Waals surface area contributed by atoms with E-state index in [1.165, 1.54) is 0 Å². The largest absolute Gasteiger partial charge is 0.469 e. The number of phosphoric ester groups is 1. The lowest BCUT2D eigenvalue weighted by Gasteiger charge is -2.22. The van der Waals surface area contributed by atoms with E-state index in [-0.39, 0.29) is 6.61 Å². The van der Waals surface area contributed by atoms with Crippen molar-refractivity contribution in [1.29, 1.82) is 0 Å². The van der Waals surface area contributed by atoms with Crippen molar-refractivity contribution in [2.24, 2.45) is 5.73 Å². The number of nitrogens with zero attached hydrogens (tertiary/aromatic N) is 1. The first-order valence-corrected chi connectivity index (χ1v) is 8.23. The van der Waals surface area contributed by atoms with Crippen LogP contribution >= 0.6 is 7.82 Å². The maximum absolute atomic E-state index is 10.6. The molecule has 0 heterocycles. The number of rotatable bonds is 13. The van der Waals surface area contributed by atoms with Crippen molar-refractivity contribution >= 4 is 7.82 Å². The Balaban J connectivity index is 3.85. The molecule has 0 aromatic rings. The molecule has 0 aliphatic rings. The highest BCUT2D eigenvalue weighted by molar-refractivity contribution is 7.46. The fourth-order valence-electron chi connectivity index (χ4n) is 1.59. The lowest BCUT2D eigenvalue weighted by molar-refractivity contribution is 0.0971. The van der Waals surface area contributed by atoms with Crippen LogP contribution in [0.3, 0.4) is 0 Å². The fraction of sp³-hybridized carbons (Fsp3) is 1.00. The lowest BCUT2D eigenvalue weighted by atomic mass is 10.2. The summed E-state index contributed by atoms with van der Waals surface area (Å²) in [4.78, 5) is 19.3. The van der Waals surface area contributed by atoms with Gasteiger partial charge in [0.15, 0.2) is 0 Å². The molecule has 0 unspecified atom stereocenters. The van der Waals surface area contributed by atoms with Gasteiger partial charge >= 0.3 is 7.82 Å². The van der Waals surface area contributed by atoms with Crippen molar-refractivity contribution in [3.05, 3.63) is 0 Å². The summed E-state index contributed by atoms with van der Waals surface area (Å²) in [6.45, 7) is 5.83. The molecule has 116 valence electrons. The molecule has 0 bridgehead atoms. The molecule has 0 fully saturated rings. The first-order chi connectivity index (χ1) is 8.99. The molecule has 0 rings (SSSR count). The summed E-state index contributed by atoms with van der Waals surface area (Å²) in [6.07, 6.45) is 3.33. The van der Waals surface area contributed by atoms with Crippen LogP contribution in [-0.4, -0.2) is 60.7 Å². The molecule has 19 heavy (non-hydrogen) atoms. The molecule has 4 N–H and O–H groups in total. The van der Waals surface area contributed by atoms with Gasteiger partial charge in [-0.2, -0.15) is 0 Å². The minimum Gasteiger partial charge on any atom is -0.379 e. The van der Waals surface area contributed by atoms with Gasteiger partial charge in [0, 0.05) is 19.6 Å². The van der Waals surface area contributed by atoms with Gasteiger partial charge in [-0.05, 0) is 13.0 Å². The van der Waals surface area contributed by atoms with Crippen molar-refractivity contribution in [2.45, 2.75) is 26.2 Å². The minimum absolute atomic E-state index is 0.0211. The highest BCUT2D eigenvalue weighted by Gasteiger charge is 2.14. The molecule has 0 aromatic heterocycles. The standard InChI is InChI=1S/C11H27N2O5P/c1-2-3-4-6-13(7-10-17-9-5-12)8-11-18-19(14,15)16/h2-12H2,1H3,(H2,14,15,16). The van der Waals surface area contributed by atoms with E-state index >= 15 is 0 Å². The Hall–Kier alpha value is -0.0100. The maximum Gasteiger partial charge on any atom is 0.469 e. The minimum atomic E-state index is -4.36. The number of phosphoric acid groups is 1. The zero-order chi connectivity index (χ0) is 14.6. The normalized spacial score (nSPS) is 12.3. The van der Waals surface area contributed by atoms with Crippen LogP contribution in [0.4, 0.5) is 0 Å². The van der Waals surface area contributed by atoms with Crippen LogP contribution < -0.4 is 5.73 Å². The van der Waals surface area contributed by atoms with Gasteiger partial charge in [-0.15, -0.1) is 0 Å². The molecule has 8 heteroatoms. The maximum atomic E-state index is 10.6. The third-order valence-electron chi connectivity index (χ3n) is 2.56. The molecule has 0 saturated carbocycles. The van der Waals surface area contributed by atoms with Gasteiger partial charge in [0.2, 0.25) is 0 Å². The van der Waals surface area contributed by atoms with Crippen LogP contribution in [0.5, 0.6) is 0 Å². The molecular weight excluding hydrogens is 271 g/mol. The van der Waals surface area contributed by atoms with Gasteiger partial charge in [0.25, 0.3) is 0 Å². The Morgan fingerprint density at radius 2 is 1.79 bits per heavy atom. The van der Waals surface area contributed by atoms with Crippen molar-refractivity contribution in [1.82, 2.24) is 4.90 Å². The quantitative estimate of drug-likeness (QED) is 0.337. The van der Waals surface area contributed by atoms with Crippen molar-refractivity contribution < 1.29 is 23.6 Å². The Morgan fingerprint density at radius 3 is 2.37 bits per heavy atom. The predicted octanol–water partition coefficient (Wildman–Crippen LogP) is 0.563. The van der Waals surface area contributed by atoms with Gasteiger partial charge in [-0.3, -0.25) is 9.42 Å². The van der Waals surface area contributed by atoms with E-state index in [1.807, 2.05) is 0 Å². The molecule has 0 spiro atoms. The van der Waals surface area contributed by atoms with Crippen molar-refractivity contribution in [3.63, 3.8) is 0 Å². The summed E-state index contributed by atoms with van der Waals surface area (Å²) in [5.41, 5.74) is 5.33. The number of ether oxygens (including phenoxy) is 1. The number of hydrogen-bond donors (Lipinski definition) is 3. The Kier molecular flexibility index (Phi) is 11.8. The van der Waals surface area contributed by atoms with Crippen LogP contribution in [0.2, 0.25) is 0 Å². The first kappa shape index (κ1) is 19.0. The van der Waals surface area contributed by atoms with Gasteiger partial charge in [0.05, 0.1) is 19.8 Å².